The molecule has 2 heterocycles. The summed E-state index contributed by atoms with van der Waals surface area (Å²) in [6.07, 6.45) is 5.35. The molecule has 5 heteroatoms. The van der Waals surface area contributed by atoms with Gasteiger partial charge in [-0.05, 0) is 12.1 Å². The first-order valence-corrected chi connectivity index (χ1v) is 8.31. The molecule has 0 atom stereocenters. The van der Waals surface area contributed by atoms with Gasteiger partial charge < -0.3 is 14.3 Å². The lowest BCUT2D eigenvalue weighted by molar-refractivity contribution is 0.111. The molecule has 0 amide bonds. The monoisotopic (exact) mass is 348 g/mol. The molecular formula is C21H20N2O3. The average molecular weight is 348 g/mol. The number of nitrogens with one attached hydrogen (secondary N) is 1. The summed E-state index contributed by atoms with van der Waals surface area (Å²) >= 11 is 0. The Morgan fingerprint density at radius 1 is 0.962 bits per heavy atom. The topological polar surface area (TPSA) is 64.1 Å². The number of hydrogen-bond donors (Lipinski definition) is 1. The third-order valence-corrected chi connectivity index (χ3v) is 4.23. The Labute approximate surface area is 151 Å². The van der Waals surface area contributed by atoms with Crippen LogP contribution in [-0.4, -0.2) is 35.8 Å². The highest BCUT2D eigenvalue weighted by atomic mass is 16.5. The number of H-pyrrole nitrogens is 1. The number of carbonyl (C=O) groups is 2. The highest BCUT2D eigenvalue weighted by Gasteiger charge is 2.06. The van der Waals surface area contributed by atoms with Gasteiger partial charge in [0.2, 0.25) is 0 Å². The Bertz CT molecular complexity index is 1030. The quantitative estimate of drug-likeness (QED) is 0.553. The number of aromatic amines is 1. The second kappa shape index (κ2) is 8.27. The van der Waals surface area contributed by atoms with Gasteiger partial charge in [-0.3, -0.25) is 9.59 Å². The first kappa shape index (κ1) is 17.6. The van der Waals surface area contributed by atoms with E-state index in [9.17, 15) is 9.59 Å². The zero-order valence-electron chi connectivity index (χ0n) is 14.5. The largest absolute Gasteiger partial charge is 0.383 e. The van der Waals surface area contributed by atoms with E-state index >= 15 is 0 Å². The van der Waals surface area contributed by atoms with E-state index in [4.69, 9.17) is 4.74 Å². The van der Waals surface area contributed by atoms with Gasteiger partial charge in [-0.2, -0.15) is 0 Å². The smallest absolute Gasteiger partial charge is 0.152 e. The molecule has 5 nitrogen and oxygen atoms in total. The molecule has 0 spiro atoms. The van der Waals surface area contributed by atoms with Gasteiger partial charge in [0, 0.05) is 59.0 Å². The third kappa shape index (κ3) is 3.58. The number of para-hydroxylation sites is 2. The number of carbonyl (C=O) groups excluding carboxylic acids is 2. The zero-order chi connectivity index (χ0) is 18.4. The number of rotatable bonds is 5. The van der Waals surface area contributed by atoms with E-state index in [1.807, 2.05) is 59.3 Å². The number of aromatic nitrogens is 2. The summed E-state index contributed by atoms with van der Waals surface area (Å²) in [4.78, 5) is 24.3. The molecule has 0 aliphatic carbocycles. The summed E-state index contributed by atoms with van der Waals surface area (Å²) in [5.41, 5.74) is 3.55. The lowest BCUT2D eigenvalue weighted by Gasteiger charge is -2.03. The summed E-state index contributed by atoms with van der Waals surface area (Å²) in [6.45, 7) is 1.42. The van der Waals surface area contributed by atoms with Gasteiger partial charge >= 0.3 is 0 Å². The van der Waals surface area contributed by atoms with E-state index in [-0.39, 0.29) is 0 Å². The number of fused-ring (bicyclic) bond motifs is 2. The van der Waals surface area contributed by atoms with Crippen LogP contribution >= 0.6 is 0 Å². The van der Waals surface area contributed by atoms with Gasteiger partial charge in [-0.1, -0.05) is 36.4 Å². The normalized spacial score (nSPS) is 10.5. The van der Waals surface area contributed by atoms with Gasteiger partial charge in [-0.15, -0.1) is 0 Å². The van der Waals surface area contributed by atoms with Crippen LogP contribution in [-0.2, 0) is 11.3 Å². The van der Waals surface area contributed by atoms with Crippen molar-refractivity contribution in [3.63, 3.8) is 0 Å². The molecule has 0 aliphatic rings. The van der Waals surface area contributed by atoms with Crippen LogP contribution in [0, 0.1) is 0 Å². The third-order valence-electron chi connectivity index (χ3n) is 4.23. The summed E-state index contributed by atoms with van der Waals surface area (Å²) in [5.74, 6) is 0. The Morgan fingerprint density at radius 3 is 2.38 bits per heavy atom. The number of benzene rings is 2. The van der Waals surface area contributed by atoms with E-state index < -0.39 is 0 Å². The number of aldehydes is 2. The molecule has 0 saturated heterocycles. The standard InChI is InChI=1S/C12H13NO2.C9H7NO/c1-15-7-6-13-8-10(9-14)11-4-2-3-5-12(11)13;11-6-7-5-10-9-4-2-1-3-8(7)9/h2-5,8-9H,6-7H2,1H3;1-6,10H. The predicted octanol–water partition coefficient (Wildman–Crippen LogP) is 4.08. The van der Waals surface area contributed by atoms with Crippen LogP contribution in [0.4, 0.5) is 0 Å². The van der Waals surface area contributed by atoms with Crippen molar-refractivity contribution in [2.45, 2.75) is 6.54 Å². The van der Waals surface area contributed by atoms with Gasteiger partial charge in [0.15, 0.2) is 12.6 Å². The molecule has 0 fully saturated rings. The fourth-order valence-electron chi connectivity index (χ4n) is 2.94. The minimum absolute atomic E-state index is 0.650. The second-order valence-corrected chi connectivity index (χ2v) is 5.81. The molecule has 26 heavy (non-hydrogen) atoms. The van der Waals surface area contributed by atoms with Crippen molar-refractivity contribution < 1.29 is 14.3 Å². The molecule has 0 bridgehead atoms. The predicted molar refractivity (Wildman–Crippen MR) is 103 cm³/mol. The van der Waals surface area contributed by atoms with E-state index in [2.05, 4.69) is 4.98 Å². The van der Waals surface area contributed by atoms with Crippen LogP contribution in [0.25, 0.3) is 21.8 Å². The fraction of sp³-hybridized carbons (Fsp3) is 0.143. The molecule has 132 valence electrons. The summed E-state index contributed by atoms with van der Waals surface area (Å²) < 4.78 is 7.07. The molecule has 0 unspecified atom stereocenters. The Hall–Kier alpha value is -3.18. The van der Waals surface area contributed by atoms with Gasteiger partial charge in [0.25, 0.3) is 0 Å². The van der Waals surface area contributed by atoms with Crippen LogP contribution in [0.15, 0.2) is 60.9 Å². The minimum Gasteiger partial charge on any atom is -0.383 e. The van der Waals surface area contributed by atoms with Crippen molar-refractivity contribution in [2.75, 3.05) is 13.7 Å². The van der Waals surface area contributed by atoms with Crippen molar-refractivity contribution in [3.8, 4) is 0 Å². The summed E-state index contributed by atoms with van der Waals surface area (Å²) in [5, 5.41) is 1.99. The van der Waals surface area contributed by atoms with E-state index in [0.717, 1.165) is 52.0 Å². The number of hydrogen-bond acceptors (Lipinski definition) is 3. The van der Waals surface area contributed by atoms with Gasteiger partial charge in [-0.25, -0.2) is 0 Å². The maximum absolute atomic E-state index is 10.9. The number of methoxy groups -OCH3 is 1. The Kier molecular flexibility index (Phi) is 5.61. The second-order valence-electron chi connectivity index (χ2n) is 5.81. The minimum atomic E-state index is 0.650. The molecule has 4 aromatic rings. The first-order chi connectivity index (χ1) is 12.8. The van der Waals surface area contributed by atoms with Crippen molar-refractivity contribution in [2.24, 2.45) is 0 Å². The number of ether oxygens (including phenoxy) is 1. The molecular weight excluding hydrogens is 328 g/mol. The van der Waals surface area contributed by atoms with Crippen molar-refractivity contribution in [3.05, 3.63) is 72.1 Å². The first-order valence-electron chi connectivity index (χ1n) is 8.31. The van der Waals surface area contributed by atoms with Gasteiger partial charge in [0.1, 0.15) is 0 Å². The Balaban J connectivity index is 0.000000158. The molecule has 0 radical (unpaired) electrons. The van der Waals surface area contributed by atoms with Crippen LogP contribution in [0.1, 0.15) is 20.7 Å². The highest BCUT2D eigenvalue weighted by Crippen LogP contribution is 2.19. The van der Waals surface area contributed by atoms with Crippen LogP contribution in [0.5, 0.6) is 0 Å². The van der Waals surface area contributed by atoms with Crippen LogP contribution < -0.4 is 0 Å². The maximum atomic E-state index is 10.9. The SMILES string of the molecule is COCCn1cc(C=O)c2ccccc21.O=Cc1c[nH]c2ccccc12. The van der Waals surface area contributed by atoms with E-state index in [0.29, 0.717) is 6.61 Å². The average Bonchev–Trinajstić information content (AvgIpc) is 3.28. The molecule has 4 rings (SSSR count). The fourth-order valence-corrected chi connectivity index (χ4v) is 2.94. The zero-order valence-corrected chi connectivity index (χ0v) is 14.5. The van der Waals surface area contributed by atoms with Crippen LogP contribution in [0.3, 0.4) is 0 Å². The lowest BCUT2D eigenvalue weighted by atomic mass is 10.2. The number of nitrogens with zero attached hydrogens (tertiary/aromatic N) is 1. The summed E-state index contributed by atoms with van der Waals surface area (Å²) in [7, 11) is 1.67. The maximum Gasteiger partial charge on any atom is 0.152 e. The van der Waals surface area contributed by atoms with E-state index in [1.54, 1.807) is 13.3 Å². The summed E-state index contributed by atoms with van der Waals surface area (Å²) in [6, 6.07) is 15.6. The van der Waals surface area contributed by atoms with Crippen molar-refractivity contribution >= 4 is 34.4 Å². The highest BCUT2D eigenvalue weighted by molar-refractivity contribution is 5.98. The molecule has 0 aliphatic heterocycles. The molecule has 1 N–H and O–H groups in total. The molecule has 0 saturated carbocycles. The van der Waals surface area contributed by atoms with Crippen molar-refractivity contribution in [1.82, 2.24) is 9.55 Å². The van der Waals surface area contributed by atoms with Crippen LogP contribution in [0.2, 0.25) is 0 Å². The van der Waals surface area contributed by atoms with Crippen molar-refractivity contribution in [1.29, 1.82) is 0 Å². The lowest BCUT2D eigenvalue weighted by Crippen LogP contribution is -2.02. The van der Waals surface area contributed by atoms with Gasteiger partial charge in [0.05, 0.1) is 6.61 Å². The Morgan fingerprint density at radius 2 is 1.65 bits per heavy atom. The molecule has 2 aromatic carbocycles. The van der Waals surface area contributed by atoms with E-state index in [1.165, 1.54) is 0 Å². The molecule has 2 aromatic heterocycles.